The topological polar surface area (TPSA) is 97.4 Å². The van der Waals surface area contributed by atoms with E-state index >= 15 is 0 Å². The first-order valence-electron chi connectivity index (χ1n) is 4.92. The number of carbonyl (C=O) groups excluding carboxylic acids is 1. The number of hydrogen-bond acceptors (Lipinski definition) is 5. The van der Waals surface area contributed by atoms with Crippen LogP contribution in [-0.2, 0) is 14.3 Å². The molecule has 0 aliphatic carbocycles. The molecule has 1 saturated heterocycles. The normalized spacial score (nSPS) is 26.1. The summed E-state index contributed by atoms with van der Waals surface area (Å²) in [5, 5.41) is 11.1. The van der Waals surface area contributed by atoms with E-state index < -0.39 is 0 Å². The Labute approximate surface area is 93.8 Å². The summed E-state index contributed by atoms with van der Waals surface area (Å²) in [5.74, 6) is -0.295. The third-order valence-corrected chi connectivity index (χ3v) is 2.63. The quantitative estimate of drug-likeness (QED) is 0.280. The van der Waals surface area contributed by atoms with Crippen LogP contribution in [0.3, 0.4) is 0 Å². The van der Waals surface area contributed by atoms with Gasteiger partial charge in [0.25, 0.3) is 0 Å². The molecule has 1 heterocycles. The van der Waals surface area contributed by atoms with E-state index in [-0.39, 0.29) is 30.4 Å². The van der Waals surface area contributed by atoms with Crippen LogP contribution in [0.5, 0.6) is 0 Å². The Hall–Kier alpha value is -1.34. The summed E-state index contributed by atoms with van der Waals surface area (Å²) in [6.07, 6.45) is -0.342. The van der Waals surface area contributed by atoms with Gasteiger partial charge in [-0.05, 0) is 0 Å². The minimum Gasteiger partial charge on any atom is -0.409 e. The summed E-state index contributed by atoms with van der Waals surface area (Å²) < 4.78 is 10.4. The molecule has 0 aromatic heterocycles. The van der Waals surface area contributed by atoms with Crippen molar-refractivity contribution in [3.05, 3.63) is 0 Å². The zero-order chi connectivity index (χ0) is 12.1. The van der Waals surface area contributed by atoms with Crippen LogP contribution in [0.15, 0.2) is 5.16 Å². The Morgan fingerprint density at radius 2 is 1.94 bits per heavy atom. The molecule has 2 unspecified atom stereocenters. The van der Waals surface area contributed by atoms with E-state index in [1.165, 1.54) is 0 Å². The van der Waals surface area contributed by atoms with E-state index in [4.69, 9.17) is 20.4 Å². The average Bonchev–Trinajstić information content (AvgIpc) is 2.71. The van der Waals surface area contributed by atoms with E-state index in [1.54, 1.807) is 19.1 Å². The number of oxime groups is 1. The Bertz CT molecular complexity index is 270. The highest BCUT2D eigenvalue weighted by molar-refractivity contribution is 5.98. The zero-order valence-electron chi connectivity index (χ0n) is 9.42. The zero-order valence-corrected chi connectivity index (χ0v) is 9.42. The molecule has 7 nitrogen and oxygen atoms in total. The Morgan fingerprint density at radius 3 is 2.31 bits per heavy atom. The van der Waals surface area contributed by atoms with Gasteiger partial charge in [-0.1, -0.05) is 5.16 Å². The molecule has 1 fully saturated rings. The van der Waals surface area contributed by atoms with Crippen molar-refractivity contribution in [1.29, 1.82) is 0 Å². The van der Waals surface area contributed by atoms with Gasteiger partial charge < -0.3 is 25.3 Å². The van der Waals surface area contributed by atoms with Crippen LogP contribution in [0.1, 0.15) is 6.42 Å². The molecule has 0 radical (unpaired) electrons. The summed E-state index contributed by atoms with van der Waals surface area (Å²) in [6.45, 7) is 0.930. The van der Waals surface area contributed by atoms with Crippen molar-refractivity contribution >= 4 is 11.7 Å². The number of hydrogen-bond donors (Lipinski definition) is 2. The van der Waals surface area contributed by atoms with Gasteiger partial charge in [-0.25, -0.2) is 0 Å². The van der Waals surface area contributed by atoms with Gasteiger partial charge in [0, 0.05) is 27.3 Å². The predicted octanol–water partition coefficient (Wildman–Crippen LogP) is -1.00. The van der Waals surface area contributed by atoms with Crippen LogP contribution in [-0.4, -0.2) is 61.4 Å². The minimum absolute atomic E-state index is 0.0939. The van der Waals surface area contributed by atoms with Gasteiger partial charge >= 0.3 is 0 Å². The molecule has 0 aromatic rings. The summed E-state index contributed by atoms with van der Waals surface area (Å²) in [4.78, 5) is 13.3. The molecule has 7 heteroatoms. The summed E-state index contributed by atoms with van der Waals surface area (Å²) in [7, 11) is 3.16. The lowest BCUT2D eigenvalue weighted by Gasteiger charge is -2.14. The molecule has 2 atom stereocenters. The number of rotatable bonds is 4. The summed E-state index contributed by atoms with van der Waals surface area (Å²) in [5.41, 5.74) is 5.27. The van der Waals surface area contributed by atoms with E-state index in [9.17, 15) is 4.79 Å². The number of nitrogens with zero attached hydrogens (tertiary/aromatic N) is 2. The number of methoxy groups -OCH3 is 2. The fraction of sp³-hybridized carbons (Fsp3) is 0.778. The first-order valence-corrected chi connectivity index (χ1v) is 4.92. The van der Waals surface area contributed by atoms with Crippen LogP contribution in [0, 0.1) is 0 Å². The second-order valence-corrected chi connectivity index (χ2v) is 3.62. The van der Waals surface area contributed by atoms with E-state index in [2.05, 4.69) is 5.16 Å². The van der Waals surface area contributed by atoms with Crippen molar-refractivity contribution in [1.82, 2.24) is 4.90 Å². The van der Waals surface area contributed by atoms with E-state index in [0.717, 1.165) is 0 Å². The first-order chi connectivity index (χ1) is 7.62. The Morgan fingerprint density at radius 1 is 1.44 bits per heavy atom. The van der Waals surface area contributed by atoms with Crippen molar-refractivity contribution < 1.29 is 19.5 Å². The SMILES string of the molecule is COC1CN(C(=O)CC(N)=NO)CC1OC. The van der Waals surface area contributed by atoms with Gasteiger partial charge in [0.15, 0.2) is 0 Å². The van der Waals surface area contributed by atoms with Gasteiger partial charge in [0.1, 0.15) is 18.0 Å². The maximum atomic E-state index is 11.7. The molecule has 1 aliphatic heterocycles. The Balaban J connectivity index is 2.54. The molecule has 1 rings (SSSR count). The number of likely N-dealkylation sites (tertiary alicyclic amines) is 1. The number of carbonyl (C=O) groups is 1. The van der Waals surface area contributed by atoms with Gasteiger partial charge in [0.05, 0.1) is 6.42 Å². The van der Waals surface area contributed by atoms with Crippen LogP contribution < -0.4 is 5.73 Å². The molecule has 0 bridgehead atoms. The van der Waals surface area contributed by atoms with E-state index in [1.807, 2.05) is 0 Å². The Kier molecular flexibility index (Phi) is 4.51. The van der Waals surface area contributed by atoms with Crippen molar-refractivity contribution in [2.24, 2.45) is 10.9 Å². The fourth-order valence-corrected chi connectivity index (χ4v) is 1.70. The second kappa shape index (κ2) is 5.66. The maximum Gasteiger partial charge on any atom is 0.230 e. The van der Waals surface area contributed by atoms with Gasteiger partial charge in [-0.3, -0.25) is 4.79 Å². The van der Waals surface area contributed by atoms with Crippen molar-refractivity contribution in [2.75, 3.05) is 27.3 Å². The third kappa shape index (κ3) is 2.83. The molecule has 3 N–H and O–H groups in total. The van der Waals surface area contributed by atoms with Crippen molar-refractivity contribution in [3.63, 3.8) is 0 Å². The van der Waals surface area contributed by atoms with Crippen molar-refractivity contribution in [3.8, 4) is 0 Å². The molecule has 16 heavy (non-hydrogen) atoms. The average molecular weight is 231 g/mol. The van der Waals surface area contributed by atoms with Crippen molar-refractivity contribution in [2.45, 2.75) is 18.6 Å². The molecule has 0 aromatic carbocycles. The molecule has 1 aliphatic rings. The lowest BCUT2D eigenvalue weighted by Crippen LogP contribution is -2.33. The minimum atomic E-state index is -0.197. The van der Waals surface area contributed by atoms with Crippen LogP contribution in [0.4, 0.5) is 0 Å². The van der Waals surface area contributed by atoms with Crippen LogP contribution >= 0.6 is 0 Å². The summed E-state index contributed by atoms with van der Waals surface area (Å²) in [6, 6.07) is 0. The molecule has 92 valence electrons. The second-order valence-electron chi connectivity index (χ2n) is 3.62. The predicted molar refractivity (Wildman–Crippen MR) is 56.2 cm³/mol. The van der Waals surface area contributed by atoms with Gasteiger partial charge in [-0.2, -0.15) is 0 Å². The van der Waals surface area contributed by atoms with Gasteiger partial charge in [-0.15, -0.1) is 0 Å². The number of amides is 1. The molecular weight excluding hydrogens is 214 g/mol. The maximum absolute atomic E-state index is 11.7. The summed E-state index contributed by atoms with van der Waals surface area (Å²) >= 11 is 0. The number of ether oxygens (including phenoxy) is 2. The standard InChI is InChI=1S/C9H17N3O4/c1-15-6-4-12(5-7(6)16-2)9(13)3-8(10)11-14/h6-7,14H,3-5H2,1-2H3,(H2,10,11). The highest BCUT2D eigenvalue weighted by Gasteiger charge is 2.35. The highest BCUT2D eigenvalue weighted by atomic mass is 16.5. The first kappa shape index (κ1) is 12.7. The lowest BCUT2D eigenvalue weighted by molar-refractivity contribution is -0.129. The van der Waals surface area contributed by atoms with Crippen LogP contribution in [0.2, 0.25) is 0 Å². The van der Waals surface area contributed by atoms with Gasteiger partial charge in [0.2, 0.25) is 5.91 Å². The molecule has 0 spiro atoms. The molecule has 1 amide bonds. The number of amidine groups is 1. The lowest BCUT2D eigenvalue weighted by atomic mass is 10.3. The fourth-order valence-electron chi connectivity index (χ4n) is 1.70. The molecular formula is C9H17N3O4. The van der Waals surface area contributed by atoms with Crippen LogP contribution in [0.25, 0.3) is 0 Å². The molecule has 0 saturated carbocycles. The smallest absolute Gasteiger partial charge is 0.230 e. The monoisotopic (exact) mass is 231 g/mol. The largest absolute Gasteiger partial charge is 0.409 e. The van der Waals surface area contributed by atoms with E-state index in [0.29, 0.717) is 13.1 Å². The highest BCUT2D eigenvalue weighted by Crippen LogP contribution is 2.16. The number of nitrogens with two attached hydrogens (primary N) is 1. The third-order valence-electron chi connectivity index (χ3n) is 2.63.